The molecule has 2 aromatic carbocycles. The third-order valence-corrected chi connectivity index (χ3v) is 5.71. The number of hydrogen-bond donors (Lipinski definition) is 1. The first-order chi connectivity index (χ1) is 16.4. The summed E-state index contributed by atoms with van der Waals surface area (Å²) < 4.78 is 11.3. The van der Waals surface area contributed by atoms with Crippen LogP contribution in [-0.4, -0.2) is 67.0 Å². The minimum atomic E-state index is -0.694. The number of ketones is 1. The monoisotopic (exact) mass is 466 g/mol. The molecule has 0 radical (unpaired) electrons. The summed E-state index contributed by atoms with van der Waals surface area (Å²) in [7, 11) is 3.82. The van der Waals surface area contributed by atoms with Crippen molar-refractivity contribution in [3.05, 3.63) is 65.2 Å². The van der Waals surface area contributed by atoms with Crippen LogP contribution in [0, 0.1) is 0 Å². The molecule has 34 heavy (non-hydrogen) atoms. The number of rotatable bonds is 11. The molecule has 1 aliphatic heterocycles. The first kappa shape index (κ1) is 25.3. The van der Waals surface area contributed by atoms with E-state index in [0.717, 1.165) is 24.2 Å². The SMILES string of the molecule is CCCCOc1ccc(C2C(=C(O)c3cccc(OCC)c3)C(=O)C(=O)N2CCN(C)C)cc1. The quantitative estimate of drug-likeness (QED) is 0.231. The molecule has 1 saturated heterocycles. The van der Waals surface area contributed by atoms with Gasteiger partial charge in [-0.25, -0.2) is 0 Å². The lowest BCUT2D eigenvalue weighted by Gasteiger charge is -2.26. The summed E-state index contributed by atoms with van der Waals surface area (Å²) >= 11 is 0. The second-order valence-corrected chi connectivity index (χ2v) is 8.53. The highest BCUT2D eigenvalue weighted by Crippen LogP contribution is 2.40. The number of amides is 1. The van der Waals surface area contributed by atoms with E-state index in [0.29, 0.717) is 37.6 Å². The van der Waals surface area contributed by atoms with Crippen molar-refractivity contribution < 1.29 is 24.2 Å². The van der Waals surface area contributed by atoms with Crippen LogP contribution in [0.2, 0.25) is 0 Å². The van der Waals surface area contributed by atoms with Gasteiger partial charge in [0.05, 0.1) is 24.8 Å². The Hall–Kier alpha value is -3.32. The number of nitrogens with zero attached hydrogens (tertiary/aromatic N) is 2. The number of carbonyl (C=O) groups is 2. The van der Waals surface area contributed by atoms with Crippen LogP contribution in [0.1, 0.15) is 43.9 Å². The fraction of sp³-hybridized carbons (Fsp3) is 0.407. The Morgan fingerprint density at radius 1 is 1.03 bits per heavy atom. The number of aliphatic hydroxyl groups is 1. The van der Waals surface area contributed by atoms with Crippen molar-refractivity contribution in [2.75, 3.05) is 40.4 Å². The summed E-state index contributed by atoms with van der Waals surface area (Å²) in [6.45, 7) is 6.03. The van der Waals surface area contributed by atoms with E-state index in [2.05, 4.69) is 6.92 Å². The topological polar surface area (TPSA) is 79.3 Å². The van der Waals surface area contributed by atoms with E-state index in [9.17, 15) is 14.7 Å². The lowest BCUT2D eigenvalue weighted by Crippen LogP contribution is -2.35. The van der Waals surface area contributed by atoms with E-state index in [-0.39, 0.29) is 11.3 Å². The number of unbranched alkanes of at least 4 members (excludes halogenated alkanes) is 1. The second kappa shape index (κ2) is 11.7. The smallest absolute Gasteiger partial charge is 0.295 e. The molecule has 2 aromatic rings. The van der Waals surface area contributed by atoms with Crippen LogP contribution < -0.4 is 9.47 Å². The van der Waals surface area contributed by atoms with Crippen LogP contribution >= 0.6 is 0 Å². The Kier molecular flexibility index (Phi) is 8.71. The highest BCUT2D eigenvalue weighted by molar-refractivity contribution is 6.46. The number of likely N-dealkylation sites (N-methyl/N-ethyl adjacent to an activating group) is 1. The highest BCUT2D eigenvalue weighted by Gasteiger charge is 2.45. The molecule has 1 N–H and O–H groups in total. The molecule has 0 saturated carbocycles. The molecule has 7 heteroatoms. The van der Waals surface area contributed by atoms with Crippen LogP contribution in [0.5, 0.6) is 11.5 Å². The summed E-state index contributed by atoms with van der Waals surface area (Å²) in [6.07, 6.45) is 2.01. The maximum absolute atomic E-state index is 13.1. The standard InChI is InChI=1S/C27H34N2O5/c1-5-7-17-34-21-13-11-19(12-14-21)24-23(26(31)27(32)29(24)16-15-28(3)4)25(30)20-9-8-10-22(18-20)33-6-2/h8-14,18,24,30H,5-7,15-17H2,1-4H3. The number of ether oxygens (including phenoxy) is 2. The van der Waals surface area contributed by atoms with E-state index in [4.69, 9.17) is 9.47 Å². The number of likely N-dealkylation sites (tertiary alicyclic amines) is 1. The fourth-order valence-corrected chi connectivity index (χ4v) is 3.90. The molecule has 0 bridgehead atoms. The van der Waals surface area contributed by atoms with Gasteiger partial charge in [-0.2, -0.15) is 0 Å². The summed E-state index contributed by atoms with van der Waals surface area (Å²) in [5.41, 5.74) is 1.25. The molecular formula is C27H34N2O5. The Balaban J connectivity index is 2.03. The van der Waals surface area contributed by atoms with Crippen molar-refractivity contribution in [1.29, 1.82) is 0 Å². The zero-order valence-electron chi connectivity index (χ0n) is 20.4. The maximum atomic E-state index is 13.1. The number of hydrogen-bond acceptors (Lipinski definition) is 6. The van der Waals surface area contributed by atoms with Crippen LogP contribution in [0.3, 0.4) is 0 Å². The minimum Gasteiger partial charge on any atom is -0.507 e. The van der Waals surface area contributed by atoms with E-state index in [1.807, 2.05) is 50.2 Å². The third-order valence-electron chi connectivity index (χ3n) is 5.71. The summed E-state index contributed by atoms with van der Waals surface area (Å²) in [6, 6.07) is 13.6. The Morgan fingerprint density at radius 2 is 1.76 bits per heavy atom. The number of aliphatic hydroxyl groups excluding tert-OH is 1. The number of benzene rings is 2. The molecule has 1 unspecified atom stereocenters. The molecule has 7 nitrogen and oxygen atoms in total. The summed E-state index contributed by atoms with van der Waals surface area (Å²) in [4.78, 5) is 29.6. The molecule has 1 aliphatic rings. The van der Waals surface area contributed by atoms with Crippen molar-refractivity contribution in [2.45, 2.75) is 32.7 Å². The van der Waals surface area contributed by atoms with Crippen molar-refractivity contribution in [2.24, 2.45) is 0 Å². The van der Waals surface area contributed by atoms with Crippen molar-refractivity contribution in [3.8, 4) is 11.5 Å². The van der Waals surface area contributed by atoms with Gasteiger partial charge in [0.25, 0.3) is 11.7 Å². The van der Waals surface area contributed by atoms with E-state index < -0.39 is 17.7 Å². The second-order valence-electron chi connectivity index (χ2n) is 8.53. The molecular weight excluding hydrogens is 432 g/mol. The Labute approximate surface area is 201 Å². The van der Waals surface area contributed by atoms with E-state index in [1.54, 1.807) is 24.3 Å². The lowest BCUT2D eigenvalue weighted by atomic mass is 9.95. The molecule has 3 rings (SSSR count). The van der Waals surface area contributed by atoms with Gasteiger partial charge in [0, 0.05) is 18.7 Å². The van der Waals surface area contributed by atoms with Gasteiger partial charge in [-0.3, -0.25) is 9.59 Å². The highest BCUT2D eigenvalue weighted by atomic mass is 16.5. The van der Waals surface area contributed by atoms with Crippen molar-refractivity contribution in [3.63, 3.8) is 0 Å². The average molecular weight is 467 g/mol. The van der Waals surface area contributed by atoms with E-state index >= 15 is 0 Å². The van der Waals surface area contributed by atoms with Gasteiger partial charge in [0.1, 0.15) is 17.3 Å². The van der Waals surface area contributed by atoms with Crippen molar-refractivity contribution >= 4 is 17.4 Å². The molecule has 1 atom stereocenters. The molecule has 1 amide bonds. The number of Topliss-reactive ketones (excluding diaryl/α,β-unsaturated/α-hetero) is 1. The van der Waals surface area contributed by atoms with Gasteiger partial charge in [-0.05, 0) is 57.3 Å². The van der Waals surface area contributed by atoms with Gasteiger partial charge >= 0.3 is 0 Å². The molecule has 0 spiro atoms. The molecule has 0 aromatic heterocycles. The van der Waals surface area contributed by atoms with Crippen LogP contribution in [0.25, 0.3) is 5.76 Å². The molecule has 1 heterocycles. The first-order valence-electron chi connectivity index (χ1n) is 11.8. The normalized spacial score (nSPS) is 17.4. The minimum absolute atomic E-state index is 0.0806. The van der Waals surface area contributed by atoms with Gasteiger partial charge in [0.15, 0.2) is 0 Å². The van der Waals surface area contributed by atoms with Gasteiger partial charge < -0.3 is 24.4 Å². The first-order valence-corrected chi connectivity index (χ1v) is 11.8. The van der Waals surface area contributed by atoms with Crippen LogP contribution in [0.4, 0.5) is 0 Å². The average Bonchev–Trinajstić information content (AvgIpc) is 3.08. The Bertz CT molecular complexity index is 1030. The Morgan fingerprint density at radius 3 is 2.41 bits per heavy atom. The zero-order chi connectivity index (χ0) is 24.7. The fourth-order valence-electron chi connectivity index (χ4n) is 3.90. The van der Waals surface area contributed by atoms with E-state index in [1.165, 1.54) is 4.90 Å². The molecule has 182 valence electrons. The molecule has 0 aliphatic carbocycles. The predicted molar refractivity (Wildman–Crippen MR) is 132 cm³/mol. The van der Waals surface area contributed by atoms with Gasteiger partial charge in [-0.15, -0.1) is 0 Å². The maximum Gasteiger partial charge on any atom is 0.295 e. The lowest BCUT2D eigenvalue weighted by molar-refractivity contribution is -0.140. The molecule has 1 fully saturated rings. The third kappa shape index (κ3) is 5.78. The van der Waals surface area contributed by atoms with Crippen LogP contribution in [0.15, 0.2) is 54.1 Å². The van der Waals surface area contributed by atoms with Gasteiger partial charge in [0.2, 0.25) is 0 Å². The zero-order valence-corrected chi connectivity index (χ0v) is 20.4. The van der Waals surface area contributed by atoms with Gasteiger partial charge in [-0.1, -0.05) is 37.6 Å². The predicted octanol–water partition coefficient (Wildman–Crippen LogP) is 4.25. The summed E-state index contributed by atoms with van der Waals surface area (Å²) in [5, 5.41) is 11.2. The van der Waals surface area contributed by atoms with Crippen molar-refractivity contribution in [1.82, 2.24) is 9.80 Å². The largest absolute Gasteiger partial charge is 0.507 e. The summed E-state index contributed by atoms with van der Waals surface area (Å²) in [5.74, 6) is -0.199. The van der Waals surface area contributed by atoms with Crippen LogP contribution in [-0.2, 0) is 9.59 Å². The number of carbonyl (C=O) groups excluding carboxylic acids is 2.